The quantitative estimate of drug-likeness (QED) is 0.802. The lowest BCUT2D eigenvalue weighted by Gasteiger charge is -2.20. The molecule has 5 nitrogen and oxygen atoms in total. The summed E-state index contributed by atoms with van der Waals surface area (Å²) in [7, 11) is 1.96. The van der Waals surface area contributed by atoms with Crippen LogP contribution < -0.4 is 0 Å². The largest absolute Gasteiger partial charge is 0.469 e. The Bertz CT molecular complexity index is 492. The number of rotatable bonds is 8. The van der Waals surface area contributed by atoms with E-state index in [9.17, 15) is 5.11 Å². The number of likely N-dealkylation sites (N-methyl/N-ethyl adjacent to an activating group) is 1. The van der Waals surface area contributed by atoms with Crippen LogP contribution in [0.15, 0.2) is 39.6 Å². The third-order valence-electron chi connectivity index (χ3n) is 3.06. The first kappa shape index (κ1) is 14.8. The predicted octanol–water partition coefficient (Wildman–Crippen LogP) is 2.19. The molecule has 20 heavy (non-hydrogen) atoms. The van der Waals surface area contributed by atoms with Crippen molar-refractivity contribution in [1.82, 2.24) is 4.90 Å². The van der Waals surface area contributed by atoms with E-state index in [0.29, 0.717) is 13.2 Å². The Morgan fingerprint density at radius 1 is 1.30 bits per heavy atom. The zero-order valence-corrected chi connectivity index (χ0v) is 11.9. The van der Waals surface area contributed by atoms with Gasteiger partial charge in [-0.1, -0.05) is 0 Å². The van der Waals surface area contributed by atoms with E-state index in [1.54, 1.807) is 12.5 Å². The van der Waals surface area contributed by atoms with E-state index in [0.717, 1.165) is 23.6 Å². The Hall–Kier alpha value is -1.56. The lowest BCUT2D eigenvalue weighted by Crippen LogP contribution is -2.31. The van der Waals surface area contributed by atoms with Crippen LogP contribution >= 0.6 is 0 Å². The van der Waals surface area contributed by atoms with Crippen LogP contribution in [-0.4, -0.2) is 36.3 Å². The molecule has 5 heteroatoms. The highest BCUT2D eigenvalue weighted by Gasteiger charge is 2.11. The number of aliphatic hydroxyl groups is 1. The maximum atomic E-state index is 9.93. The van der Waals surface area contributed by atoms with E-state index in [1.165, 1.54) is 0 Å². The average Bonchev–Trinajstić information content (AvgIpc) is 3.02. The number of nitrogens with zero attached hydrogens (tertiary/aromatic N) is 1. The molecule has 0 aliphatic rings. The molecule has 1 N–H and O–H groups in total. The van der Waals surface area contributed by atoms with Crippen molar-refractivity contribution < 1.29 is 18.7 Å². The van der Waals surface area contributed by atoms with Crippen LogP contribution in [0.3, 0.4) is 0 Å². The summed E-state index contributed by atoms with van der Waals surface area (Å²) in [5.74, 6) is 1.68. The Kier molecular flexibility index (Phi) is 5.40. The van der Waals surface area contributed by atoms with Gasteiger partial charge in [-0.3, -0.25) is 4.90 Å². The molecule has 0 aliphatic carbocycles. The summed E-state index contributed by atoms with van der Waals surface area (Å²) < 4.78 is 15.8. The van der Waals surface area contributed by atoms with Gasteiger partial charge in [-0.05, 0) is 32.2 Å². The molecule has 0 amide bonds. The smallest absolute Gasteiger partial charge is 0.129 e. The summed E-state index contributed by atoms with van der Waals surface area (Å²) in [5.41, 5.74) is 1.14. The number of furan rings is 2. The van der Waals surface area contributed by atoms with Crippen LogP contribution in [0.4, 0.5) is 0 Å². The Balaban J connectivity index is 1.66. The first-order chi connectivity index (χ1) is 9.65. The van der Waals surface area contributed by atoms with Crippen molar-refractivity contribution in [2.24, 2.45) is 0 Å². The normalized spacial score (nSPS) is 13.0. The lowest BCUT2D eigenvalue weighted by atomic mass is 10.2. The molecule has 1 atom stereocenters. The maximum Gasteiger partial charge on any atom is 0.129 e. The maximum absolute atomic E-state index is 9.93. The first-order valence-corrected chi connectivity index (χ1v) is 6.65. The summed E-state index contributed by atoms with van der Waals surface area (Å²) in [6, 6.07) is 5.61. The molecule has 0 fully saturated rings. The van der Waals surface area contributed by atoms with Gasteiger partial charge in [0.15, 0.2) is 0 Å². The fraction of sp³-hybridized carbons (Fsp3) is 0.467. The van der Waals surface area contributed by atoms with Crippen molar-refractivity contribution in [1.29, 1.82) is 0 Å². The van der Waals surface area contributed by atoms with Crippen LogP contribution in [0.5, 0.6) is 0 Å². The van der Waals surface area contributed by atoms with Gasteiger partial charge >= 0.3 is 0 Å². The fourth-order valence-electron chi connectivity index (χ4n) is 2.03. The van der Waals surface area contributed by atoms with Crippen molar-refractivity contribution in [2.45, 2.75) is 26.2 Å². The van der Waals surface area contributed by atoms with Gasteiger partial charge in [0.05, 0.1) is 25.2 Å². The standard InChI is InChI=1S/C15H21NO4/c1-12-13(5-7-19-12)8-16(2)9-14(17)10-18-11-15-4-3-6-20-15/h3-7,14,17H,8-11H2,1-2H3. The Morgan fingerprint density at radius 2 is 2.15 bits per heavy atom. The van der Waals surface area contributed by atoms with E-state index in [1.807, 2.05) is 37.1 Å². The molecule has 0 bridgehead atoms. The molecular weight excluding hydrogens is 258 g/mol. The summed E-state index contributed by atoms with van der Waals surface area (Å²) >= 11 is 0. The number of ether oxygens (including phenoxy) is 1. The fourth-order valence-corrected chi connectivity index (χ4v) is 2.03. The van der Waals surface area contributed by atoms with Gasteiger partial charge in [-0.15, -0.1) is 0 Å². The highest BCUT2D eigenvalue weighted by atomic mass is 16.5. The van der Waals surface area contributed by atoms with Crippen molar-refractivity contribution in [3.05, 3.63) is 47.8 Å². The molecule has 2 rings (SSSR count). The molecule has 0 spiro atoms. The van der Waals surface area contributed by atoms with Crippen LogP contribution in [0.1, 0.15) is 17.1 Å². The molecule has 0 aromatic carbocycles. The average molecular weight is 279 g/mol. The van der Waals surface area contributed by atoms with Gasteiger partial charge in [-0.25, -0.2) is 0 Å². The molecule has 2 heterocycles. The SMILES string of the molecule is Cc1occc1CN(C)CC(O)COCc1ccco1. The summed E-state index contributed by atoms with van der Waals surface area (Å²) in [4.78, 5) is 2.04. The number of aliphatic hydroxyl groups excluding tert-OH is 1. The van der Waals surface area contributed by atoms with E-state index < -0.39 is 6.10 Å². The summed E-state index contributed by atoms with van der Waals surface area (Å²) in [5, 5.41) is 9.93. The van der Waals surface area contributed by atoms with Crippen molar-refractivity contribution >= 4 is 0 Å². The van der Waals surface area contributed by atoms with Crippen LogP contribution in [0, 0.1) is 6.92 Å². The monoisotopic (exact) mass is 279 g/mol. The van der Waals surface area contributed by atoms with Gasteiger partial charge in [0.1, 0.15) is 18.1 Å². The predicted molar refractivity (Wildman–Crippen MR) is 74.1 cm³/mol. The van der Waals surface area contributed by atoms with Gasteiger partial charge in [0.2, 0.25) is 0 Å². The number of hydrogen-bond acceptors (Lipinski definition) is 5. The Labute approximate surface area is 118 Å². The lowest BCUT2D eigenvalue weighted by molar-refractivity contribution is 0.00764. The van der Waals surface area contributed by atoms with Gasteiger partial charge in [-0.2, -0.15) is 0 Å². The van der Waals surface area contributed by atoms with E-state index in [2.05, 4.69) is 0 Å². The number of hydrogen-bond donors (Lipinski definition) is 1. The second-order valence-electron chi connectivity index (χ2n) is 4.95. The summed E-state index contributed by atoms with van der Waals surface area (Å²) in [6.45, 7) is 3.90. The molecule has 2 aromatic heterocycles. The number of aryl methyl sites for hydroxylation is 1. The molecular formula is C15H21NO4. The van der Waals surface area contributed by atoms with Crippen molar-refractivity contribution in [2.75, 3.05) is 20.2 Å². The molecule has 1 unspecified atom stereocenters. The van der Waals surface area contributed by atoms with Crippen molar-refractivity contribution in [3.8, 4) is 0 Å². The van der Waals surface area contributed by atoms with Crippen LogP contribution in [-0.2, 0) is 17.9 Å². The second-order valence-corrected chi connectivity index (χ2v) is 4.95. The minimum Gasteiger partial charge on any atom is -0.469 e. The van der Waals surface area contributed by atoms with E-state index >= 15 is 0 Å². The minimum absolute atomic E-state index is 0.287. The van der Waals surface area contributed by atoms with E-state index in [-0.39, 0.29) is 6.61 Å². The minimum atomic E-state index is -0.526. The highest BCUT2D eigenvalue weighted by Crippen LogP contribution is 2.11. The topological polar surface area (TPSA) is 59.0 Å². The molecule has 0 saturated carbocycles. The zero-order chi connectivity index (χ0) is 14.4. The molecule has 110 valence electrons. The Morgan fingerprint density at radius 3 is 2.80 bits per heavy atom. The van der Waals surface area contributed by atoms with Crippen LogP contribution in [0.2, 0.25) is 0 Å². The van der Waals surface area contributed by atoms with E-state index in [4.69, 9.17) is 13.6 Å². The van der Waals surface area contributed by atoms with Crippen molar-refractivity contribution in [3.63, 3.8) is 0 Å². The van der Waals surface area contributed by atoms with Gasteiger partial charge < -0.3 is 18.7 Å². The first-order valence-electron chi connectivity index (χ1n) is 6.65. The van der Waals surface area contributed by atoms with Gasteiger partial charge in [0, 0.05) is 18.7 Å². The third kappa shape index (κ3) is 4.52. The van der Waals surface area contributed by atoms with Gasteiger partial charge in [0.25, 0.3) is 0 Å². The molecule has 0 radical (unpaired) electrons. The summed E-state index contributed by atoms with van der Waals surface area (Å²) in [6.07, 6.45) is 2.76. The second kappa shape index (κ2) is 7.28. The zero-order valence-electron chi connectivity index (χ0n) is 11.9. The van der Waals surface area contributed by atoms with Crippen LogP contribution in [0.25, 0.3) is 0 Å². The highest BCUT2D eigenvalue weighted by molar-refractivity contribution is 5.14. The molecule has 0 saturated heterocycles. The third-order valence-corrected chi connectivity index (χ3v) is 3.06. The molecule has 2 aromatic rings. The molecule has 0 aliphatic heterocycles.